The molecule has 12 heavy (non-hydrogen) atoms. The summed E-state index contributed by atoms with van der Waals surface area (Å²) in [5, 5.41) is 3.69. The predicted octanol–water partition coefficient (Wildman–Crippen LogP) is 2.03. The second-order valence-electron chi connectivity index (χ2n) is 1.87. The zero-order chi connectivity index (χ0) is 13.6. The number of aromatic nitrogens is 3. The van der Waals surface area contributed by atoms with Gasteiger partial charge in [0, 0.05) is 12.3 Å². The first-order valence-corrected chi connectivity index (χ1v) is 3.80. The number of pyridine rings is 1. The van der Waals surface area contributed by atoms with Crippen molar-refractivity contribution in [2.24, 2.45) is 0 Å². The van der Waals surface area contributed by atoms with Crippen LogP contribution in [0.5, 0.6) is 0 Å². The fraction of sp³-hybridized carbons (Fsp3) is 0. The summed E-state index contributed by atoms with van der Waals surface area (Å²) in [6.07, 6.45) is -0.865. The third kappa shape index (κ3) is 1.38. The Hall–Kier alpha value is -1.16. The standard InChI is InChI=1S/C8H6BrN3/c9-7-5-11-12(6-7)8-3-1-2-4-10-8/h1-6H/i1D,2D,3D,4D,5D,6D. The van der Waals surface area contributed by atoms with E-state index in [9.17, 15) is 0 Å². The van der Waals surface area contributed by atoms with Crippen LogP contribution in [0.4, 0.5) is 0 Å². The summed E-state index contributed by atoms with van der Waals surface area (Å²) in [5.41, 5.74) is 0. The van der Waals surface area contributed by atoms with Gasteiger partial charge in [0.1, 0.15) is 0 Å². The predicted molar refractivity (Wildman–Crippen MR) is 49.1 cm³/mol. The molecule has 0 amide bonds. The van der Waals surface area contributed by atoms with Crippen molar-refractivity contribution < 1.29 is 8.22 Å². The van der Waals surface area contributed by atoms with Gasteiger partial charge in [-0.25, -0.2) is 9.67 Å². The quantitative estimate of drug-likeness (QED) is 0.750. The molecule has 0 bridgehead atoms. The van der Waals surface area contributed by atoms with E-state index in [-0.39, 0.29) is 22.6 Å². The highest BCUT2D eigenvalue weighted by Crippen LogP contribution is 2.09. The molecule has 0 aliphatic carbocycles. The van der Waals surface area contributed by atoms with Gasteiger partial charge in [-0.3, -0.25) is 0 Å². The number of nitrogens with zero attached hydrogens (tertiary/aromatic N) is 3. The van der Waals surface area contributed by atoms with Crippen molar-refractivity contribution in [3.63, 3.8) is 0 Å². The Labute approximate surface area is 86.6 Å². The molecule has 60 valence electrons. The highest BCUT2D eigenvalue weighted by molar-refractivity contribution is 9.10. The molecule has 2 rings (SSSR count). The molecular formula is C8H6BrN3. The van der Waals surface area contributed by atoms with Crippen molar-refractivity contribution in [2.75, 3.05) is 0 Å². The SMILES string of the molecule is [2H]c1nc(-n2nc([2H])c(Br)c2[2H])c([2H])c([2H])c1[2H]. The zero-order valence-electron chi connectivity index (χ0n) is 11.7. The number of halogens is 1. The summed E-state index contributed by atoms with van der Waals surface area (Å²) in [7, 11) is 0. The van der Waals surface area contributed by atoms with Gasteiger partial charge in [0.2, 0.25) is 0 Å². The first-order chi connectivity index (χ1) is 8.34. The lowest BCUT2D eigenvalue weighted by molar-refractivity contribution is 0.847. The van der Waals surface area contributed by atoms with Gasteiger partial charge in [0.05, 0.1) is 18.9 Å². The molecule has 0 aliphatic rings. The molecule has 4 heteroatoms. The zero-order valence-corrected chi connectivity index (χ0v) is 7.31. The molecular weight excluding hydrogens is 218 g/mol. The lowest BCUT2D eigenvalue weighted by atomic mass is 10.5. The minimum atomic E-state index is -0.469. The lowest BCUT2D eigenvalue weighted by Gasteiger charge is -1.96. The van der Waals surface area contributed by atoms with Gasteiger partial charge < -0.3 is 0 Å². The maximum Gasteiger partial charge on any atom is 0.153 e. The molecule has 0 aliphatic heterocycles. The molecule has 2 aromatic rings. The van der Waals surface area contributed by atoms with Crippen molar-refractivity contribution in [3.8, 4) is 5.82 Å². The van der Waals surface area contributed by atoms with Crippen molar-refractivity contribution in [2.45, 2.75) is 0 Å². The summed E-state index contributed by atoms with van der Waals surface area (Å²) in [6, 6.07) is -1.31. The van der Waals surface area contributed by atoms with Gasteiger partial charge in [-0.05, 0) is 28.0 Å². The summed E-state index contributed by atoms with van der Waals surface area (Å²) in [5.74, 6) is -0.204. The third-order valence-electron chi connectivity index (χ3n) is 1.11. The first kappa shape index (κ1) is 3.30. The van der Waals surface area contributed by atoms with Crippen molar-refractivity contribution in [1.82, 2.24) is 14.8 Å². The van der Waals surface area contributed by atoms with E-state index in [0.717, 1.165) is 4.68 Å². The highest BCUT2D eigenvalue weighted by atomic mass is 79.9. The van der Waals surface area contributed by atoms with Crippen molar-refractivity contribution in [1.29, 1.82) is 0 Å². The molecule has 2 aromatic heterocycles. The van der Waals surface area contributed by atoms with Gasteiger partial charge in [-0.2, -0.15) is 5.10 Å². The number of hydrogen-bond acceptors (Lipinski definition) is 2. The van der Waals surface area contributed by atoms with Gasteiger partial charge in [-0.1, -0.05) is 6.04 Å². The molecule has 0 N–H and O–H groups in total. The van der Waals surface area contributed by atoms with Gasteiger partial charge in [-0.15, -0.1) is 0 Å². The molecule has 0 aromatic carbocycles. The Morgan fingerprint density at radius 3 is 3.17 bits per heavy atom. The van der Waals surface area contributed by atoms with Crippen LogP contribution in [-0.4, -0.2) is 14.8 Å². The minimum Gasteiger partial charge on any atom is -0.237 e. The maximum absolute atomic E-state index is 7.69. The van der Waals surface area contributed by atoms with E-state index < -0.39 is 24.3 Å². The largest absolute Gasteiger partial charge is 0.237 e. The second-order valence-corrected chi connectivity index (χ2v) is 2.66. The van der Waals surface area contributed by atoms with Gasteiger partial charge in [0.25, 0.3) is 0 Å². The summed E-state index contributed by atoms with van der Waals surface area (Å²) < 4.78 is 46.1. The van der Waals surface area contributed by atoms with E-state index in [1.165, 1.54) is 0 Å². The molecule has 3 nitrogen and oxygen atoms in total. The second kappa shape index (κ2) is 3.06. The first-order valence-electron chi connectivity index (χ1n) is 6.01. The molecule has 0 saturated carbocycles. The molecule has 0 spiro atoms. The van der Waals surface area contributed by atoms with Gasteiger partial charge >= 0.3 is 0 Å². The fourth-order valence-electron chi connectivity index (χ4n) is 0.661. The van der Waals surface area contributed by atoms with Crippen molar-refractivity contribution in [3.05, 3.63) is 41.1 Å². The van der Waals surface area contributed by atoms with Crippen LogP contribution in [0.2, 0.25) is 0 Å². The van der Waals surface area contributed by atoms with Crippen LogP contribution in [0, 0.1) is 0 Å². The van der Waals surface area contributed by atoms with E-state index >= 15 is 0 Å². The van der Waals surface area contributed by atoms with E-state index in [4.69, 9.17) is 8.22 Å². The topological polar surface area (TPSA) is 30.7 Å². The molecule has 2 heterocycles. The summed E-state index contributed by atoms with van der Waals surface area (Å²) >= 11 is 3.00. The molecule has 0 atom stereocenters. The Morgan fingerprint density at radius 1 is 1.50 bits per heavy atom. The summed E-state index contributed by atoms with van der Waals surface area (Å²) in [6.45, 7) is 0. The van der Waals surface area contributed by atoms with E-state index in [1.807, 2.05) is 0 Å². The van der Waals surface area contributed by atoms with Crippen molar-refractivity contribution >= 4 is 15.9 Å². The van der Waals surface area contributed by atoms with Crippen LogP contribution < -0.4 is 0 Å². The lowest BCUT2D eigenvalue weighted by Crippen LogP contribution is -1.95. The summed E-state index contributed by atoms with van der Waals surface area (Å²) in [4.78, 5) is 3.67. The smallest absolute Gasteiger partial charge is 0.153 e. The average Bonchev–Trinajstić information content (AvgIpc) is 2.59. The van der Waals surface area contributed by atoms with Crippen LogP contribution in [0.1, 0.15) is 8.22 Å². The normalized spacial score (nSPS) is 17.1. The Kier molecular flexibility index (Phi) is 0.842. The minimum absolute atomic E-state index is 0.136. The third-order valence-corrected chi connectivity index (χ3v) is 1.46. The molecule has 0 unspecified atom stereocenters. The maximum atomic E-state index is 7.69. The van der Waals surface area contributed by atoms with E-state index in [2.05, 4.69) is 26.0 Å². The fourth-order valence-corrected chi connectivity index (χ4v) is 0.909. The highest BCUT2D eigenvalue weighted by Gasteiger charge is 1.97. The van der Waals surface area contributed by atoms with Crippen LogP contribution in [0.3, 0.4) is 0 Å². The van der Waals surface area contributed by atoms with Gasteiger partial charge in [0.15, 0.2) is 5.82 Å². The molecule has 0 saturated heterocycles. The number of hydrogen-bond donors (Lipinski definition) is 0. The Morgan fingerprint density at radius 2 is 2.42 bits per heavy atom. The average molecular weight is 230 g/mol. The van der Waals surface area contributed by atoms with E-state index in [1.54, 1.807) is 0 Å². The Bertz CT molecular complexity index is 640. The molecule has 0 radical (unpaired) electrons. The monoisotopic (exact) mass is 229 g/mol. The molecule has 0 fully saturated rings. The Balaban J connectivity index is 2.76. The van der Waals surface area contributed by atoms with Crippen LogP contribution in [-0.2, 0) is 0 Å². The van der Waals surface area contributed by atoms with Crippen LogP contribution in [0.25, 0.3) is 5.82 Å². The van der Waals surface area contributed by atoms with Crippen LogP contribution in [0.15, 0.2) is 41.1 Å². The van der Waals surface area contributed by atoms with Crippen LogP contribution >= 0.6 is 15.9 Å². The van der Waals surface area contributed by atoms with E-state index in [0.29, 0.717) is 0 Å². The number of rotatable bonds is 1.